The van der Waals surface area contributed by atoms with Crippen molar-refractivity contribution in [1.82, 2.24) is 4.98 Å². The highest BCUT2D eigenvalue weighted by Gasteiger charge is 2.28. The third-order valence-corrected chi connectivity index (χ3v) is 4.77. The van der Waals surface area contributed by atoms with Crippen LogP contribution in [-0.4, -0.2) is 10.9 Å². The molecule has 3 aromatic carbocycles. The standard InChI is InChI=1S/C22H16N2O2/c1-14-9-10-20-19(11-14)23-21(26-20)15-6-4-7-17(12-15)24-13-16-5-2-3-8-18(16)22(24)25/h2-12H,13H2,1H3. The van der Waals surface area contributed by atoms with E-state index in [0.29, 0.717) is 12.4 Å². The molecule has 26 heavy (non-hydrogen) atoms. The number of hydrogen-bond acceptors (Lipinski definition) is 3. The smallest absolute Gasteiger partial charge is 0.258 e. The predicted octanol–water partition coefficient (Wildman–Crippen LogP) is 4.96. The first-order valence-corrected chi connectivity index (χ1v) is 8.56. The number of carbonyl (C=O) groups is 1. The van der Waals surface area contributed by atoms with Gasteiger partial charge in [0.2, 0.25) is 5.89 Å². The molecule has 5 rings (SSSR count). The van der Waals surface area contributed by atoms with Crippen LogP contribution in [0, 0.1) is 6.92 Å². The molecule has 0 radical (unpaired) electrons. The summed E-state index contributed by atoms with van der Waals surface area (Å²) in [4.78, 5) is 19.1. The molecule has 1 aliphatic rings. The summed E-state index contributed by atoms with van der Waals surface area (Å²) in [5.74, 6) is 0.600. The second kappa shape index (κ2) is 5.56. The Bertz CT molecular complexity index is 1160. The number of fused-ring (bicyclic) bond motifs is 2. The van der Waals surface area contributed by atoms with E-state index in [9.17, 15) is 4.79 Å². The van der Waals surface area contributed by atoms with Crippen molar-refractivity contribution in [2.24, 2.45) is 0 Å². The van der Waals surface area contributed by atoms with E-state index in [1.807, 2.05) is 73.7 Å². The van der Waals surface area contributed by atoms with E-state index in [-0.39, 0.29) is 5.91 Å². The number of oxazole rings is 1. The summed E-state index contributed by atoms with van der Waals surface area (Å²) >= 11 is 0. The fourth-order valence-corrected chi connectivity index (χ4v) is 3.43. The molecule has 1 aliphatic heterocycles. The minimum absolute atomic E-state index is 0.0333. The zero-order valence-corrected chi connectivity index (χ0v) is 14.3. The van der Waals surface area contributed by atoms with Crippen LogP contribution in [0.1, 0.15) is 21.5 Å². The molecule has 0 atom stereocenters. The molecule has 0 saturated carbocycles. The van der Waals surface area contributed by atoms with Gasteiger partial charge in [-0.25, -0.2) is 4.98 Å². The lowest BCUT2D eigenvalue weighted by Gasteiger charge is -2.16. The number of hydrogen-bond donors (Lipinski definition) is 0. The normalized spacial score (nSPS) is 13.4. The number of amides is 1. The van der Waals surface area contributed by atoms with Gasteiger partial charge in [-0.05, 0) is 54.4 Å². The maximum absolute atomic E-state index is 12.7. The summed E-state index contributed by atoms with van der Waals surface area (Å²) < 4.78 is 5.90. The van der Waals surface area contributed by atoms with E-state index >= 15 is 0 Å². The van der Waals surface area contributed by atoms with E-state index in [2.05, 4.69) is 4.98 Å². The molecular formula is C22H16N2O2. The first-order valence-electron chi connectivity index (χ1n) is 8.56. The Balaban J connectivity index is 1.54. The minimum Gasteiger partial charge on any atom is -0.436 e. The van der Waals surface area contributed by atoms with Gasteiger partial charge >= 0.3 is 0 Å². The van der Waals surface area contributed by atoms with Crippen molar-refractivity contribution in [1.29, 1.82) is 0 Å². The maximum atomic E-state index is 12.7. The predicted molar refractivity (Wildman–Crippen MR) is 101 cm³/mol. The maximum Gasteiger partial charge on any atom is 0.258 e. The Morgan fingerprint density at radius 1 is 1.00 bits per heavy atom. The van der Waals surface area contributed by atoms with Gasteiger partial charge in [0.1, 0.15) is 5.52 Å². The third-order valence-electron chi connectivity index (χ3n) is 4.77. The highest BCUT2D eigenvalue weighted by atomic mass is 16.3. The molecular weight excluding hydrogens is 324 g/mol. The Morgan fingerprint density at radius 3 is 2.77 bits per heavy atom. The van der Waals surface area contributed by atoms with Crippen molar-refractivity contribution in [3.8, 4) is 11.5 Å². The number of anilines is 1. The fraction of sp³-hybridized carbons (Fsp3) is 0.0909. The van der Waals surface area contributed by atoms with Crippen LogP contribution in [0.5, 0.6) is 0 Å². The van der Waals surface area contributed by atoms with Crippen molar-refractivity contribution in [3.63, 3.8) is 0 Å². The van der Waals surface area contributed by atoms with Crippen LogP contribution in [0.3, 0.4) is 0 Å². The Morgan fingerprint density at radius 2 is 1.88 bits per heavy atom. The molecule has 1 amide bonds. The van der Waals surface area contributed by atoms with Crippen molar-refractivity contribution < 1.29 is 9.21 Å². The van der Waals surface area contributed by atoms with Gasteiger partial charge in [-0.1, -0.05) is 30.3 Å². The molecule has 4 aromatic rings. The molecule has 4 nitrogen and oxygen atoms in total. The topological polar surface area (TPSA) is 46.3 Å². The van der Waals surface area contributed by atoms with Crippen molar-refractivity contribution in [2.45, 2.75) is 13.5 Å². The molecule has 0 spiro atoms. The van der Waals surface area contributed by atoms with Gasteiger partial charge in [-0.2, -0.15) is 0 Å². The largest absolute Gasteiger partial charge is 0.436 e. The van der Waals surface area contributed by atoms with Gasteiger partial charge in [-0.3, -0.25) is 4.79 Å². The molecule has 126 valence electrons. The van der Waals surface area contributed by atoms with Crippen LogP contribution in [0.4, 0.5) is 5.69 Å². The summed E-state index contributed by atoms with van der Waals surface area (Å²) in [5.41, 5.74) is 6.29. The summed E-state index contributed by atoms with van der Waals surface area (Å²) in [6, 6.07) is 21.5. The quantitative estimate of drug-likeness (QED) is 0.518. The lowest BCUT2D eigenvalue weighted by molar-refractivity contribution is 0.0996. The first-order chi connectivity index (χ1) is 12.7. The summed E-state index contributed by atoms with van der Waals surface area (Å²) in [7, 11) is 0. The van der Waals surface area contributed by atoms with Crippen LogP contribution in [0.15, 0.2) is 71.1 Å². The SMILES string of the molecule is Cc1ccc2oc(-c3cccc(N4Cc5ccccc5C4=O)c3)nc2c1. The molecule has 4 heteroatoms. The Labute approximate surface area is 150 Å². The van der Waals surface area contributed by atoms with Crippen LogP contribution in [0.2, 0.25) is 0 Å². The minimum atomic E-state index is 0.0333. The third kappa shape index (κ3) is 2.30. The number of aryl methyl sites for hydroxylation is 1. The molecule has 0 N–H and O–H groups in total. The van der Waals surface area contributed by atoms with E-state index < -0.39 is 0 Å². The molecule has 0 saturated heterocycles. The molecule has 0 aliphatic carbocycles. The molecule has 0 bridgehead atoms. The molecule has 0 fully saturated rings. The summed E-state index contributed by atoms with van der Waals surface area (Å²) in [5, 5.41) is 0. The fourth-order valence-electron chi connectivity index (χ4n) is 3.43. The number of rotatable bonds is 2. The van der Waals surface area contributed by atoms with E-state index in [0.717, 1.165) is 39.0 Å². The monoisotopic (exact) mass is 340 g/mol. The molecule has 1 aromatic heterocycles. The van der Waals surface area contributed by atoms with Gasteiger partial charge in [-0.15, -0.1) is 0 Å². The first kappa shape index (κ1) is 14.9. The molecule has 2 heterocycles. The van der Waals surface area contributed by atoms with Crippen LogP contribution < -0.4 is 4.90 Å². The van der Waals surface area contributed by atoms with Crippen LogP contribution in [-0.2, 0) is 6.54 Å². The van der Waals surface area contributed by atoms with Gasteiger partial charge in [0.05, 0.1) is 6.54 Å². The van der Waals surface area contributed by atoms with Crippen LogP contribution >= 0.6 is 0 Å². The van der Waals surface area contributed by atoms with E-state index in [4.69, 9.17) is 4.42 Å². The number of nitrogens with zero attached hydrogens (tertiary/aromatic N) is 2. The lowest BCUT2D eigenvalue weighted by Crippen LogP contribution is -2.22. The van der Waals surface area contributed by atoms with Crippen molar-refractivity contribution >= 4 is 22.7 Å². The number of benzene rings is 3. The lowest BCUT2D eigenvalue weighted by atomic mass is 10.1. The zero-order valence-electron chi connectivity index (χ0n) is 14.3. The highest BCUT2D eigenvalue weighted by Crippen LogP contribution is 2.32. The Hall–Kier alpha value is -3.40. The van der Waals surface area contributed by atoms with Crippen molar-refractivity contribution in [3.05, 3.63) is 83.4 Å². The van der Waals surface area contributed by atoms with E-state index in [1.165, 1.54) is 0 Å². The van der Waals surface area contributed by atoms with E-state index in [1.54, 1.807) is 4.90 Å². The second-order valence-corrected chi connectivity index (χ2v) is 6.59. The average Bonchev–Trinajstić information content (AvgIpc) is 3.23. The second-order valence-electron chi connectivity index (χ2n) is 6.59. The average molecular weight is 340 g/mol. The van der Waals surface area contributed by atoms with Crippen molar-refractivity contribution in [2.75, 3.05) is 4.90 Å². The molecule has 0 unspecified atom stereocenters. The highest BCUT2D eigenvalue weighted by molar-refractivity contribution is 6.10. The van der Waals surface area contributed by atoms with Gasteiger partial charge < -0.3 is 9.32 Å². The summed E-state index contributed by atoms with van der Waals surface area (Å²) in [6.07, 6.45) is 0. The summed E-state index contributed by atoms with van der Waals surface area (Å²) in [6.45, 7) is 2.62. The van der Waals surface area contributed by atoms with Crippen LogP contribution in [0.25, 0.3) is 22.6 Å². The Kier molecular flexibility index (Phi) is 3.19. The van der Waals surface area contributed by atoms with Gasteiger partial charge in [0.25, 0.3) is 5.91 Å². The number of carbonyl (C=O) groups excluding carboxylic acids is 1. The van der Waals surface area contributed by atoms with Gasteiger partial charge in [0.15, 0.2) is 5.58 Å². The van der Waals surface area contributed by atoms with Gasteiger partial charge in [0, 0.05) is 16.8 Å². The number of aromatic nitrogens is 1. The zero-order chi connectivity index (χ0) is 17.7.